The van der Waals surface area contributed by atoms with Gasteiger partial charge in [0.25, 0.3) is 0 Å². The van der Waals surface area contributed by atoms with E-state index in [1.165, 1.54) is 0 Å². The summed E-state index contributed by atoms with van der Waals surface area (Å²) < 4.78 is 0. The highest BCUT2D eigenvalue weighted by Crippen LogP contribution is 2.36. The average molecular weight is 251 g/mol. The van der Waals surface area contributed by atoms with Crippen LogP contribution in [0.25, 0.3) is 0 Å². The van der Waals surface area contributed by atoms with Crippen LogP contribution in [0.15, 0.2) is 60.7 Å². The molecule has 0 fully saturated rings. The van der Waals surface area contributed by atoms with Crippen LogP contribution in [0.2, 0.25) is 0 Å². The summed E-state index contributed by atoms with van der Waals surface area (Å²) in [6, 6.07) is 19.4. The van der Waals surface area contributed by atoms with E-state index in [0.717, 1.165) is 17.3 Å². The summed E-state index contributed by atoms with van der Waals surface area (Å²) in [5.41, 5.74) is 1.14. The first-order valence-corrected chi connectivity index (χ1v) is 6.41. The number of carbonyl (C=O) groups excluding carboxylic acids is 1. The maximum Gasteiger partial charge on any atom is 0.187 e. The summed E-state index contributed by atoms with van der Waals surface area (Å²) >= 11 is 0. The van der Waals surface area contributed by atoms with Crippen molar-refractivity contribution in [3.8, 4) is 0 Å². The lowest BCUT2D eigenvalue weighted by Gasteiger charge is -2.31. The molecule has 0 amide bonds. The zero-order valence-corrected chi connectivity index (χ0v) is 11.0. The summed E-state index contributed by atoms with van der Waals surface area (Å²) in [5.74, 6) is -0.174. The lowest BCUT2D eigenvalue weighted by atomic mass is 9.69. The van der Waals surface area contributed by atoms with E-state index >= 15 is 0 Å². The van der Waals surface area contributed by atoms with Gasteiger partial charge in [0, 0.05) is 0 Å². The molecule has 2 rings (SSSR count). The van der Waals surface area contributed by atoms with E-state index in [4.69, 9.17) is 5.41 Å². The number of hydrogen-bond acceptors (Lipinski definition) is 2. The van der Waals surface area contributed by atoms with Gasteiger partial charge in [-0.05, 0) is 17.5 Å². The molecule has 2 aromatic rings. The summed E-state index contributed by atoms with van der Waals surface area (Å²) in [4.78, 5) is 12.4. The largest absolute Gasteiger partial charge is 0.305 e. The molecule has 0 aliphatic rings. The number of ketones is 1. The molecule has 0 spiro atoms. The summed E-state index contributed by atoms with van der Waals surface area (Å²) in [5, 5.41) is 7.39. The number of nitrogens with one attached hydrogen (secondary N) is 1. The zero-order valence-electron chi connectivity index (χ0n) is 11.0. The Morgan fingerprint density at radius 1 is 1.00 bits per heavy atom. The molecule has 96 valence electrons. The van der Waals surface area contributed by atoms with Crippen LogP contribution in [-0.2, 0) is 10.2 Å². The van der Waals surface area contributed by atoms with Gasteiger partial charge in [-0.15, -0.1) is 0 Å². The molecule has 0 saturated heterocycles. The topological polar surface area (TPSA) is 40.9 Å². The number of carbonyl (C=O) groups is 1. The summed E-state index contributed by atoms with van der Waals surface area (Å²) in [6.07, 6.45) is 1.57. The number of benzene rings is 2. The predicted molar refractivity (Wildman–Crippen MR) is 77.7 cm³/mol. The van der Waals surface area contributed by atoms with Gasteiger partial charge < -0.3 is 5.41 Å². The van der Waals surface area contributed by atoms with Gasteiger partial charge in [-0.3, -0.25) is 4.79 Å². The Kier molecular flexibility index (Phi) is 3.91. The molecule has 0 saturated carbocycles. The molecule has 0 aliphatic carbocycles. The van der Waals surface area contributed by atoms with Crippen LogP contribution in [0.4, 0.5) is 0 Å². The molecule has 2 aromatic carbocycles. The minimum Gasteiger partial charge on any atom is -0.305 e. The SMILES string of the molecule is CCC(C(=O)C=N)(c1ccccc1)c1ccccc1. The Morgan fingerprint density at radius 2 is 1.42 bits per heavy atom. The summed E-state index contributed by atoms with van der Waals surface area (Å²) in [6.45, 7) is 1.99. The van der Waals surface area contributed by atoms with Gasteiger partial charge in [0.05, 0.1) is 11.6 Å². The second kappa shape index (κ2) is 5.61. The van der Waals surface area contributed by atoms with Crippen molar-refractivity contribution in [1.82, 2.24) is 0 Å². The third-order valence-electron chi connectivity index (χ3n) is 3.62. The third-order valence-corrected chi connectivity index (χ3v) is 3.62. The highest BCUT2D eigenvalue weighted by molar-refractivity contribution is 6.31. The van der Waals surface area contributed by atoms with Gasteiger partial charge in [0.15, 0.2) is 5.78 Å². The van der Waals surface area contributed by atoms with Crippen molar-refractivity contribution in [2.24, 2.45) is 0 Å². The summed E-state index contributed by atoms with van der Waals surface area (Å²) in [7, 11) is 0. The van der Waals surface area contributed by atoms with Crippen molar-refractivity contribution < 1.29 is 4.79 Å². The maximum atomic E-state index is 12.4. The minimum atomic E-state index is -0.746. The molecule has 19 heavy (non-hydrogen) atoms. The second-order valence-electron chi connectivity index (χ2n) is 4.50. The molecule has 0 aromatic heterocycles. The first-order chi connectivity index (χ1) is 9.25. The van der Waals surface area contributed by atoms with Gasteiger partial charge in [0.1, 0.15) is 0 Å². The van der Waals surface area contributed by atoms with E-state index in [1.54, 1.807) is 0 Å². The highest BCUT2D eigenvalue weighted by Gasteiger charge is 2.38. The standard InChI is InChI=1S/C17H17NO/c1-2-17(16(19)13-18,14-9-5-3-6-10-14)15-11-7-4-8-12-15/h3-13,18H,2H2,1H3. The predicted octanol–water partition coefficient (Wildman–Crippen LogP) is 3.60. The fourth-order valence-corrected chi connectivity index (χ4v) is 2.60. The van der Waals surface area contributed by atoms with Crippen LogP contribution < -0.4 is 0 Å². The van der Waals surface area contributed by atoms with Crippen molar-refractivity contribution in [2.45, 2.75) is 18.8 Å². The quantitative estimate of drug-likeness (QED) is 0.810. The fraction of sp³-hybridized carbons (Fsp3) is 0.176. The van der Waals surface area contributed by atoms with Crippen LogP contribution in [0.1, 0.15) is 24.5 Å². The molecule has 2 heteroatoms. The zero-order chi connectivity index (χ0) is 13.7. The van der Waals surface area contributed by atoms with E-state index in [9.17, 15) is 4.79 Å². The van der Waals surface area contributed by atoms with E-state index in [1.807, 2.05) is 67.6 Å². The van der Waals surface area contributed by atoms with E-state index < -0.39 is 5.41 Å². The second-order valence-corrected chi connectivity index (χ2v) is 4.50. The molecule has 0 heterocycles. The Bertz CT molecular complexity index is 521. The molecular formula is C17H17NO. The van der Waals surface area contributed by atoms with Gasteiger partial charge in [0.2, 0.25) is 0 Å². The maximum absolute atomic E-state index is 12.4. The fourth-order valence-electron chi connectivity index (χ4n) is 2.60. The minimum absolute atomic E-state index is 0.174. The molecule has 0 unspecified atom stereocenters. The molecule has 0 radical (unpaired) electrons. The lowest BCUT2D eigenvalue weighted by molar-refractivity contribution is -0.116. The first-order valence-electron chi connectivity index (χ1n) is 6.41. The van der Waals surface area contributed by atoms with Crippen LogP contribution in [-0.4, -0.2) is 12.0 Å². The smallest absolute Gasteiger partial charge is 0.187 e. The monoisotopic (exact) mass is 251 g/mol. The molecule has 0 bridgehead atoms. The van der Waals surface area contributed by atoms with E-state index in [0.29, 0.717) is 6.42 Å². The van der Waals surface area contributed by atoms with Crippen LogP contribution in [0.5, 0.6) is 0 Å². The Hall–Kier alpha value is -2.22. The molecule has 2 nitrogen and oxygen atoms in total. The highest BCUT2D eigenvalue weighted by atomic mass is 16.1. The van der Waals surface area contributed by atoms with Crippen molar-refractivity contribution >= 4 is 12.0 Å². The van der Waals surface area contributed by atoms with Crippen molar-refractivity contribution in [3.05, 3.63) is 71.8 Å². The Morgan fingerprint density at radius 3 is 1.74 bits per heavy atom. The van der Waals surface area contributed by atoms with Gasteiger partial charge in [-0.1, -0.05) is 67.6 Å². The van der Waals surface area contributed by atoms with Crippen LogP contribution in [0.3, 0.4) is 0 Å². The van der Waals surface area contributed by atoms with E-state index in [-0.39, 0.29) is 5.78 Å². The van der Waals surface area contributed by atoms with Crippen molar-refractivity contribution in [2.75, 3.05) is 0 Å². The Balaban J connectivity index is 2.69. The number of rotatable bonds is 5. The molecule has 0 atom stereocenters. The van der Waals surface area contributed by atoms with Gasteiger partial charge in [-0.2, -0.15) is 0 Å². The van der Waals surface area contributed by atoms with Crippen LogP contribution in [0, 0.1) is 5.41 Å². The van der Waals surface area contributed by atoms with Gasteiger partial charge in [-0.25, -0.2) is 0 Å². The lowest BCUT2D eigenvalue weighted by Crippen LogP contribution is -2.37. The normalized spacial score (nSPS) is 11.0. The number of hydrogen-bond donors (Lipinski definition) is 1. The average Bonchev–Trinajstić information content (AvgIpc) is 2.50. The van der Waals surface area contributed by atoms with Crippen molar-refractivity contribution in [3.63, 3.8) is 0 Å². The number of Topliss-reactive ketones (excluding diaryl/α,β-unsaturated/α-hetero) is 1. The molecular weight excluding hydrogens is 234 g/mol. The van der Waals surface area contributed by atoms with E-state index in [2.05, 4.69) is 0 Å². The van der Waals surface area contributed by atoms with Gasteiger partial charge >= 0.3 is 0 Å². The first kappa shape index (κ1) is 13.2. The molecule has 1 N–H and O–H groups in total. The molecule has 0 aliphatic heterocycles. The third kappa shape index (κ3) is 2.22. The van der Waals surface area contributed by atoms with Crippen LogP contribution >= 0.6 is 0 Å². The van der Waals surface area contributed by atoms with Crippen molar-refractivity contribution in [1.29, 1.82) is 5.41 Å². The Labute approximate surface area is 113 Å².